The number of aromatic amines is 1. The summed E-state index contributed by atoms with van der Waals surface area (Å²) in [6.07, 6.45) is 2.35. The summed E-state index contributed by atoms with van der Waals surface area (Å²) >= 11 is 0. The van der Waals surface area contributed by atoms with Gasteiger partial charge in [0.15, 0.2) is 5.82 Å². The third kappa shape index (κ3) is 3.64. The van der Waals surface area contributed by atoms with Gasteiger partial charge in [-0.2, -0.15) is 0 Å². The molecule has 0 spiro atoms. The number of benzene rings is 2. The second kappa shape index (κ2) is 8.33. The van der Waals surface area contributed by atoms with Crippen LogP contribution in [0.1, 0.15) is 24.3 Å². The fraction of sp³-hybridized carbons (Fsp3) is 0.391. The minimum Gasteiger partial charge on any atom is -0.496 e. The Kier molecular flexibility index (Phi) is 5.64. The molecule has 0 aliphatic carbocycles. The van der Waals surface area contributed by atoms with Gasteiger partial charge >= 0.3 is 0 Å². The zero-order valence-corrected chi connectivity index (χ0v) is 16.7. The molecule has 148 valence electrons. The van der Waals surface area contributed by atoms with Crippen molar-refractivity contribution in [3.05, 3.63) is 53.8 Å². The summed E-state index contributed by atoms with van der Waals surface area (Å²) in [7, 11) is 3.75. The van der Waals surface area contributed by atoms with Crippen LogP contribution in [0.4, 0.5) is 4.39 Å². The van der Waals surface area contributed by atoms with Crippen molar-refractivity contribution in [1.82, 2.24) is 4.98 Å². The van der Waals surface area contributed by atoms with E-state index in [9.17, 15) is 0 Å². The third-order valence-corrected chi connectivity index (χ3v) is 6.09. The average molecular weight is 384 g/mol. The van der Waals surface area contributed by atoms with Gasteiger partial charge in [-0.3, -0.25) is 0 Å². The Hall–Kier alpha value is -2.37. The molecule has 0 saturated carbocycles. The summed E-state index contributed by atoms with van der Waals surface area (Å²) in [6.45, 7) is 4.83. The van der Waals surface area contributed by atoms with Crippen LogP contribution in [0.25, 0.3) is 22.2 Å². The van der Waals surface area contributed by atoms with Gasteiger partial charge in [-0.15, -0.1) is 0 Å². The number of methoxy groups -OCH3 is 1. The number of likely N-dealkylation sites (tertiary alicyclic amines) is 1. The minimum atomic E-state index is -0.192. The highest BCUT2D eigenvalue weighted by Crippen LogP contribution is 2.36. The van der Waals surface area contributed by atoms with Gasteiger partial charge in [-0.05, 0) is 35.7 Å². The van der Waals surface area contributed by atoms with Crippen molar-refractivity contribution in [2.45, 2.75) is 18.8 Å². The molecule has 5 heteroatoms. The van der Waals surface area contributed by atoms with E-state index in [1.54, 1.807) is 12.0 Å². The summed E-state index contributed by atoms with van der Waals surface area (Å²) < 4.78 is 20.7. The smallest absolute Gasteiger partial charge is 0.156 e. The molecule has 4 nitrogen and oxygen atoms in total. The number of halogens is 1. The maximum absolute atomic E-state index is 15.3. The lowest BCUT2D eigenvalue weighted by molar-refractivity contribution is -0.916. The van der Waals surface area contributed by atoms with Crippen LogP contribution in [-0.4, -0.2) is 45.3 Å². The van der Waals surface area contributed by atoms with Crippen molar-refractivity contribution in [3.63, 3.8) is 0 Å². The molecule has 4 rings (SSSR count). The number of nitrogens with two attached hydrogens (primary N) is 1. The maximum atomic E-state index is 15.3. The molecule has 4 N–H and O–H groups in total. The van der Waals surface area contributed by atoms with E-state index >= 15 is 4.39 Å². The normalized spacial score (nSPS) is 19.8. The highest BCUT2D eigenvalue weighted by Gasteiger charge is 2.24. The Morgan fingerprint density at radius 1 is 1.18 bits per heavy atom. The van der Waals surface area contributed by atoms with Gasteiger partial charge in [0.2, 0.25) is 0 Å². The number of H-pyrrole nitrogens is 1. The molecule has 0 bridgehead atoms. The molecule has 3 aromatic rings. The first kappa shape index (κ1) is 19.0. The number of piperidine rings is 1. The highest BCUT2D eigenvalue weighted by atomic mass is 19.1. The molecule has 28 heavy (non-hydrogen) atoms. The number of likely N-dealkylation sites (N-methyl/N-ethyl adjacent to an activating group) is 1. The first-order valence-electron chi connectivity index (χ1n) is 10.3. The molecule has 1 saturated heterocycles. The summed E-state index contributed by atoms with van der Waals surface area (Å²) in [5.74, 6) is 1.01. The predicted molar refractivity (Wildman–Crippen MR) is 110 cm³/mol. The molecule has 0 amide bonds. The van der Waals surface area contributed by atoms with Gasteiger partial charge in [-0.1, -0.05) is 18.2 Å². The molecule has 2 heterocycles. The lowest BCUT2D eigenvalue weighted by Crippen LogP contribution is -3.15. The fourth-order valence-electron chi connectivity index (χ4n) is 4.43. The largest absolute Gasteiger partial charge is 0.496 e. The number of hydrogen-bond acceptors (Lipinski definition) is 1. The summed E-state index contributed by atoms with van der Waals surface area (Å²) in [6, 6.07) is 13.8. The Morgan fingerprint density at radius 2 is 1.96 bits per heavy atom. The quantitative estimate of drug-likeness (QED) is 0.599. The van der Waals surface area contributed by atoms with Crippen molar-refractivity contribution in [2.24, 2.45) is 0 Å². The number of rotatable bonds is 6. The molecule has 0 unspecified atom stereocenters. The van der Waals surface area contributed by atoms with E-state index < -0.39 is 0 Å². The lowest BCUT2D eigenvalue weighted by atomic mass is 9.89. The van der Waals surface area contributed by atoms with Crippen molar-refractivity contribution < 1.29 is 19.3 Å². The van der Waals surface area contributed by atoms with Crippen LogP contribution < -0.4 is 15.0 Å². The Balaban J connectivity index is 1.59. The molecule has 1 aromatic heterocycles. The van der Waals surface area contributed by atoms with E-state index in [4.69, 9.17) is 4.74 Å². The summed E-state index contributed by atoms with van der Waals surface area (Å²) in [5.41, 5.74) is 3.35. The van der Waals surface area contributed by atoms with Crippen molar-refractivity contribution in [3.8, 4) is 17.0 Å². The van der Waals surface area contributed by atoms with Gasteiger partial charge in [0.25, 0.3) is 0 Å². The van der Waals surface area contributed by atoms with Crippen LogP contribution in [0.2, 0.25) is 0 Å². The van der Waals surface area contributed by atoms with E-state index in [1.807, 2.05) is 30.3 Å². The number of hydrogen-bond donors (Lipinski definition) is 3. The fourth-order valence-corrected chi connectivity index (χ4v) is 4.43. The second-order valence-corrected chi connectivity index (χ2v) is 7.79. The highest BCUT2D eigenvalue weighted by molar-refractivity contribution is 5.88. The first-order valence-corrected chi connectivity index (χ1v) is 10.3. The van der Waals surface area contributed by atoms with E-state index in [-0.39, 0.29) is 5.82 Å². The molecule has 1 fully saturated rings. The van der Waals surface area contributed by atoms with Crippen LogP contribution in [-0.2, 0) is 0 Å². The third-order valence-electron chi connectivity index (χ3n) is 6.09. The molecule has 0 atom stereocenters. The van der Waals surface area contributed by atoms with Gasteiger partial charge in [0, 0.05) is 29.3 Å². The van der Waals surface area contributed by atoms with Gasteiger partial charge in [0.05, 0.1) is 32.9 Å². The number of nitrogens with one attached hydrogen (secondary N) is 2. The molecule has 1 aliphatic heterocycles. The summed E-state index contributed by atoms with van der Waals surface area (Å²) in [4.78, 5) is 4.95. The monoisotopic (exact) mass is 383 g/mol. The van der Waals surface area contributed by atoms with E-state index in [0.717, 1.165) is 11.1 Å². The lowest BCUT2D eigenvalue weighted by Gasteiger charge is -2.29. The Labute approximate surface area is 165 Å². The Bertz CT molecular complexity index is 944. The number of ether oxygens (including phenoxy) is 1. The van der Waals surface area contributed by atoms with Crippen LogP contribution in [0.3, 0.4) is 0 Å². The zero-order chi connectivity index (χ0) is 19.5. The van der Waals surface area contributed by atoms with Gasteiger partial charge in [-0.25, -0.2) is 4.39 Å². The Morgan fingerprint density at radius 3 is 2.71 bits per heavy atom. The van der Waals surface area contributed by atoms with Crippen LogP contribution >= 0.6 is 0 Å². The average Bonchev–Trinajstić information content (AvgIpc) is 3.08. The van der Waals surface area contributed by atoms with Gasteiger partial charge in [0.1, 0.15) is 18.8 Å². The maximum Gasteiger partial charge on any atom is 0.156 e. The van der Waals surface area contributed by atoms with Crippen molar-refractivity contribution in [1.29, 1.82) is 0 Å². The SMILES string of the molecule is C[NH2+]CC[NH+]1CCC(c2ccc3[nH]c(-c4ccccc4OC)c(F)c3c2)CC1. The molecular formula is C23H30FN3O+2. The van der Waals surface area contributed by atoms with Crippen LogP contribution in [0.5, 0.6) is 5.75 Å². The zero-order valence-electron chi connectivity index (χ0n) is 16.7. The number of para-hydroxylation sites is 1. The first-order chi connectivity index (χ1) is 13.7. The molecule has 1 aliphatic rings. The topological polar surface area (TPSA) is 46.1 Å². The van der Waals surface area contributed by atoms with E-state index in [0.29, 0.717) is 22.7 Å². The standard InChI is InChI=1S/C23H28FN3O/c1-25-11-14-27-12-9-16(10-13-27)17-7-8-20-19(15-17)22(24)23(26-20)18-5-3-4-6-21(18)28-2/h3-8,15-16,25-26H,9-14H2,1-2H3/p+2. The molecular weight excluding hydrogens is 353 g/mol. The number of quaternary nitrogens is 2. The number of aromatic nitrogens is 1. The van der Waals surface area contributed by atoms with E-state index in [1.165, 1.54) is 44.6 Å². The molecule has 0 radical (unpaired) electrons. The predicted octanol–water partition coefficient (Wildman–Crippen LogP) is 1.94. The van der Waals surface area contributed by atoms with E-state index in [2.05, 4.69) is 29.5 Å². The van der Waals surface area contributed by atoms with Crippen molar-refractivity contribution in [2.75, 3.05) is 40.3 Å². The second-order valence-electron chi connectivity index (χ2n) is 7.79. The van der Waals surface area contributed by atoms with Crippen LogP contribution in [0, 0.1) is 5.82 Å². The summed E-state index contributed by atoms with van der Waals surface area (Å²) in [5, 5.41) is 2.93. The van der Waals surface area contributed by atoms with Crippen LogP contribution in [0.15, 0.2) is 42.5 Å². The van der Waals surface area contributed by atoms with Gasteiger partial charge < -0.3 is 19.9 Å². The minimum absolute atomic E-state index is 0.192. The molecule has 2 aromatic carbocycles. The van der Waals surface area contributed by atoms with Crippen molar-refractivity contribution >= 4 is 10.9 Å². The number of fused-ring (bicyclic) bond motifs is 1.